The Balaban J connectivity index is 1.34. The molecule has 0 unspecified atom stereocenters. The van der Waals surface area contributed by atoms with Crippen LogP contribution in [0.15, 0.2) is 95.0 Å². The minimum atomic E-state index is -0.878. The van der Waals surface area contributed by atoms with Crippen molar-refractivity contribution in [1.29, 1.82) is 0 Å². The van der Waals surface area contributed by atoms with Gasteiger partial charge in [0, 0.05) is 10.6 Å². The van der Waals surface area contributed by atoms with Gasteiger partial charge in [-0.25, -0.2) is 14.1 Å². The van der Waals surface area contributed by atoms with Gasteiger partial charge in [0.25, 0.3) is 11.8 Å². The number of urea groups is 1. The number of imide groups is 2. The Bertz CT molecular complexity index is 1740. The first-order valence-corrected chi connectivity index (χ1v) is 14.0. The zero-order valence-electron chi connectivity index (χ0n) is 22.6. The summed E-state index contributed by atoms with van der Waals surface area (Å²) in [7, 11) is 1.44. The van der Waals surface area contributed by atoms with Gasteiger partial charge in [-0.1, -0.05) is 41.9 Å². The fraction of sp³-hybridized carbons (Fsp3) is 0.0938. The summed E-state index contributed by atoms with van der Waals surface area (Å²) in [5.41, 5.74) is 1.83. The first-order chi connectivity index (χ1) is 20.7. The van der Waals surface area contributed by atoms with E-state index in [0.717, 1.165) is 10.5 Å². The summed E-state index contributed by atoms with van der Waals surface area (Å²) in [4.78, 5) is 39.7. The van der Waals surface area contributed by atoms with E-state index >= 15 is 0 Å². The van der Waals surface area contributed by atoms with Crippen LogP contribution in [0.2, 0.25) is 5.02 Å². The third kappa shape index (κ3) is 6.87. The molecule has 4 amide bonds. The van der Waals surface area contributed by atoms with Crippen molar-refractivity contribution in [3.05, 3.63) is 123 Å². The average Bonchev–Trinajstić information content (AvgIpc) is 2.98. The molecule has 5 rings (SSSR count). The van der Waals surface area contributed by atoms with Crippen LogP contribution in [0.1, 0.15) is 16.7 Å². The highest BCUT2D eigenvalue weighted by molar-refractivity contribution is 9.10. The van der Waals surface area contributed by atoms with E-state index < -0.39 is 17.8 Å². The van der Waals surface area contributed by atoms with Gasteiger partial charge in [-0.2, -0.15) is 0 Å². The van der Waals surface area contributed by atoms with Crippen molar-refractivity contribution in [2.75, 3.05) is 12.0 Å². The maximum absolute atomic E-state index is 13.5. The number of nitrogens with zero attached hydrogens (tertiary/aromatic N) is 1. The van der Waals surface area contributed by atoms with Gasteiger partial charge in [0.1, 0.15) is 30.4 Å². The molecule has 1 aliphatic heterocycles. The van der Waals surface area contributed by atoms with Crippen LogP contribution in [0.3, 0.4) is 0 Å². The average molecular weight is 666 g/mol. The minimum Gasteiger partial charge on any atom is -0.493 e. The van der Waals surface area contributed by atoms with Crippen molar-refractivity contribution in [1.82, 2.24) is 5.32 Å². The van der Waals surface area contributed by atoms with Crippen molar-refractivity contribution in [2.24, 2.45) is 0 Å². The van der Waals surface area contributed by atoms with E-state index in [1.165, 1.54) is 37.5 Å². The number of carbonyl (C=O) groups excluding carboxylic acids is 3. The number of nitrogens with one attached hydrogen (secondary N) is 1. The molecule has 8 nitrogen and oxygen atoms in total. The molecule has 4 aromatic carbocycles. The molecule has 0 aliphatic carbocycles. The Morgan fingerprint density at radius 3 is 2.42 bits per heavy atom. The quantitative estimate of drug-likeness (QED) is 0.152. The summed E-state index contributed by atoms with van der Waals surface area (Å²) < 4.78 is 31.1. The molecular weight excluding hydrogens is 643 g/mol. The van der Waals surface area contributed by atoms with Crippen LogP contribution in [-0.2, 0) is 22.8 Å². The number of hydrogen-bond donors (Lipinski definition) is 1. The Labute approximate surface area is 259 Å². The number of methoxy groups -OCH3 is 1. The number of barbiturate groups is 1. The van der Waals surface area contributed by atoms with E-state index in [0.29, 0.717) is 37.9 Å². The molecular formula is C32H23BrClFN2O6. The lowest BCUT2D eigenvalue weighted by atomic mass is 10.1. The summed E-state index contributed by atoms with van der Waals surface area (Å²) in [6, 6.07) is 21.9. The van der Waals surface area contributed by atoms with E-state index in [4.69, 9.17) is 25.8 Å². The van der Waals surface area contributed by atoms with Crippen molar-refractivity contribution in [3.63, 3.8) is 0 Å². The predicted octanol–water partition coefficient (Wildman–Crippen LogP) is 7.07. The SMILES string of the molecule is COc1cc(/C=C2\C(=O)NC(=O)N(c3ccc(OCc4ccccc4Cl)cc3)C2=O)cc(Br)c1OCc1cccc(F)c1. The molecule has 0 saturated carbocycles. The zero-order valence-corrected chi connectivity index (χ0v) is 24.9. The Morgan fingerprint density at radius 1 is 0.930 bits per heavy atom. The summed E-state index contributed by atoms with van der Waals surface area (Å²) in [5.74, 6) is -0.872. The van der Waals surface area contributed by atoms with Crippen LogP contribution in [0.25, 0.3) is 6.08 Å². The minimum absolute atomic E-state index is 0.0783. The van der Waals surface area contributed by atoms with Gasteiger partial charge in [0.2, 0.25) is 0 Å². The van der Waals surface area contributed by atoms with Gasteiger partial charge in [0.15, 0.2) is 11.5 Å². The third-order valence-electron chi connectivity index (χ3n) is 6.38. The van der Waals surface area contributed by atoms with Crippen molar-refractivity contribution in [2.45, 2.75) is 13.2 Å². The number of halogens is 3. The van der Waals surface area contributed by atoms with E-state index in [2.05, 4.69) is 21.2 Å². The topological polar surface area (TPSA) is 94.2 Å². The Hall–Kier alpha value is -4.67. The number of carbonyl (C=O) groups is 3. The molecule has 1 fully saturated rings. The predicted molar refractivity (Wildman–Crippen MR) is 163 cm³/mol. The standard InChI is InChI=1S/C32H23BrClFN2O6/c1-41-28-16-20(15-26(33)29(28)43-17-19-5-4-7-22(35)13-19)14-25-30(38)36-32(40)37(31(25)39)23-9-11-24(12-10-23)42-18-21-6-2-3-8-27(21)34/h2-16H,17-18H2,1H3,(H,36,38,40)/b25-14+. The molecule has 218 valence electrons. The van der Waals surface area contributed by atoms with Gasteiger partial charge in [-0.3, -0.25) is 14.9 Å². The molecule has 4 aromatic rings. The third-order valence-corrected chi connectivity index (χ3v) is 7.34. The molecule has 11 heteroatoms. The Morgan fingerprint density at radius 2 is 1.70 bits per heavy atom. The summed E-state index contributed by atoms with van der Waals surface area (Å²) in [6.45, 7) is 0.312. The summed E-state index contributed by atoms with van der Waals surface area (Å²) >= 11 is 9.62. The van der Waals surface area contributed by atoms with Gasteiger partial charge < -0.3 is 14.2 Å². The van der Waals surface area contributed by atoms with Crippen LogP contribution in [-0.4, -0.2) is 25.0 Å². The fourth-order valence-electron chi connectivity index (χ4n) is 4.27. The van der Waals surface area contributed by atoms with E-state index in [1.807, 2.05) is 18.2 Å². The van der Waals surface area contributed by atoms with E-state index in [9.17, 15) is 18.8 Å². The van der Waals surface area contributed by atoms with Crippen LogP contribution < -0.4 is 24.4 Å². The lowest BCUT2D eigenvalue weighted by Crippen LogP contribution is -2.54. The van der Waals surface area contributed by atoms with E-state index in [-0.39, 0.29) is 30.3 Å². The lowest BCUT2D eigenvalue weighted by molar-refractivity contribution is -0.122. The molecule has 0 atom stereocenters. The highest BCUT2D eigenvalue weighted by atomic mass is 79.9. The van der Waals surface area contributed by atoms with Crippen LogP contribution in [0.5, 0.6) is 17.2 Å². The van der Waals surface area contributed by atoms with Crippen molar-refractivity contribution in [3.8, 4) is 17.2 Å². The number of ether oxygens (including phenoxy) is 3. The number of benzene rings is 4. The van der Waals surface area contributed by atoms with Crippen molar-refractivity contribution < 1.29 is 33.0 Å². The molecule has 0 aromatic heterocycles. The maximum Gasteiger partial charge on any atom is 0.335 e. The first kappa shape index (κ1) is 29.8. The second kappa shape index (κ2) is 13.1. The zero-order chi connectivity index (χ0) is 30.5. The normalized spacial score (nSPS) is 14.1. The number of hydrogen-bond acceptors (Lipinski definition) is 6. The number of amides is 4. The number of anilines is 1. The molecule has 0 spiro atoms. The van der Waals surface area contributed by atoms with Crippen LogP contribution >= 0.6 is 27.5 Å². The fourth-order valence-corrected chi connectivity index (χ4v) is 5.04. The monoisotopic (exact) mass is 664 g/mol. The van der Waals surface area contributed by atoms with Gasteiger partial charge in [-0.05, 0) is 87.7 Å². The molecule has 1 saturated heterocycles. The largest absolute Gasteiger partial charge is 0.493 e. The molecule has 1 heterocycles. The van der Waals surface area contributed by atoms with Gasteiger partial charge >= 0.3 is 6.03 Å². The Kier molecular flexibility index (Phi) is 9.08. The molecule has 0 bridgehead atoms. The summed E-state index contributed by atoms with van der Waals surface area (Å²) in [6.07, 6.45) is 1.35. The lowest BCUT2D eigenvalue weighted by Gasteiger charge is -2.26. The molecule has 1 N–H and O–H groups in total. The molecule has 43 heavy (non-hydrogen) atoms. The van der Waals surface area contributed by atoms with Gasteiger partial charge in [-0.15, -0.1) is 0 Å². The van der Waals surface area contributed by atoms with Crippen molar-refractivity contribution >= 4 is 57.1 Å². The van der Waals surface area contributed by atoms with Gasteiger partial charge in [0.05, 0.1) is 17.3 Å². The summed E-state index contributed by atoms with van der Waals surface area (Å²) in [5, 5.41) is 2.79. The first-order valence-electron chi connectivity index (χ1n) is 12.9. The smallest absolute Gasteiger partial charge is 0.335 e. The van der Waals surface area contributed by atoms with Crippen LogP contribution in [0.4, 0.5) is 14.9 Å². The second-order valence-corrected chi connectivity index (χ2v) is 10.5. The highest BCUT2D eigenvalue weighted by Gasteiger charge is 2.37. The van der Waals surface area contributed by atoms with Crippen LogP contribution in [0, 0.1) is 5.82 Å². The second-order valence-electron chi connectivity index (χ2n) is 9.28. The number of rotatable bonds is 9. The molecule has 1 aliphatic rings. The highest BCUT2D eigenvalue weighted by Crippen LogP contribution is 2.38. The van der Waals surface area contributed by atoms with E-state index in [1.54, 1.807) is 42.5 Å². The maximum atomic E-state index is 13.5. The molecule has 0 radical (unpaired) electrons.